The van der Waals surface area contributed by atoms with E-state index in [1.165, 1.54) is 24.3 Å². The van der Waals surface area contributed by atoms with Gasteiger partial charge in [-0.3, -0.25) is 4.79 Å². The number of hydrogen-bond donors (Lipinski definition) is 3. The Morgan fingerprint density at radius 1 is 1.10 bits per heavy atom. The van der Waals surface area contributed by atoms with Gasteiger partial charge in [-0.25, -0.2) is 4.98 Å². The summed E-state index contributed by atoms with van der Waals surface area (Å²) in [5.74, 6) is -0.00930. The highest BCUT2D eigenvalue weighted by Gasteiger charge is 2.10. The topological polar surface area (TPSA) is 86.2 Å². The van der Waals surface area contributed by atoms with Crippen molar-refractivity contribution in [3.63, 3.8) is 0 Å². The fraction of sp³-hybridized carbons (Fsp3) is 0. The van der Waals surface area contributed by atoms with Crippen molar-refractivity contribution in [2.45, 2.75) is 0 Å². The van der Waals surface area contributed by atoms with E-state index in [1.807, 2.05) is 0 Å². The zero-order valence-corrected chi connectivity index (χ0v) is 10.8. The van der Waals surface area contributed by atoms with Crippen LogP contribution in [0.5, 0.6) is 11.5 Å². The van der Waals surface area contributed by atoms with Crippen molar-refractivity contribution in [1.29, 1.82) is 0 Å². The lowest BCUT2D eigenvalue weighted by Crippen LogP contribution is -2.09. The van der Waals surface area contributed by atoms with Crippen LogP contribution in [0.4, 0.5) is 0 Å². The quantitative estimate of drug-likeness (QED) is 0.642. The van der Waals surface area contributed by atoms with Gasteiger partial charge in [-0.2, -0.15) is 0 Å². The zero-order valence-electron chi connectivity index (χ0n) is 10.1. The minimum absolute atomic E-state index is 0.0684. The Balaban J connectivity index is 2.27. The number of aromatic nitrogens is 2. The van der Waals surface area contributed by atoms with Crippen LogP contribution in [0.1, 0.15) is 0 Å². The minimum atomic E-state index is -0.347. The second-order valence-corrected chi connectivity index (χ2v) is 4.71. The Kier molecular flexibility index (Phi) is 2.84. The maximum absolute atomic E-state index is 12.0. The number of hydrogen-bond acceptors (Lipinski definition) is 4. The van der Waals surface area contributed by atoms with Gasteiger partial charge in [0.1, 0.15) is 17.3 Å². The third-order valence-electron chi connectivity index (χ3n) is 2.90. The van der Waals surface area contributed by atoms with Gasteiger partial charge in [0.05, 0.1) is 16.5 Å². The maximum Gasteiger partial charge on any atom is 0.259 e. The Bertz CT molecular complexity index is 874. The number of aromatic amines is 1. The fourth-order valence-electron chi connectivity index (χ4n) is 1.96. The summed E-state index contributed by atoms with van der Waals surface area (Å²) in [5.41, 5.74) is 0.456. The molecule has 0 radical (unpaired) electrons. The van der Waals surface area contributed by atoms with Crippen LogP contribution in [-0.2, 0) is 0 Å². The van der Waals surface area contributed by atoms with Crippen LogP contribution in [0.15, 0.2) is 41.2 Å². The van der Waals surface area contributed by atoms with Crippen molar-refractivity contribution >= 4 is 22.5 Å². The molecule has 0 fully saturated rings. The second-order valence-electron chi connectivity index (χ2n) is 4.28. The van der Waals surface area contributed by atoms with Crippen LogP contribution in [-0.4, -0.2) is 20.2 Å². The molecule has 3 rings (SSSR count). The number of benzene rings is 2. The molecule has 0 bridgehead atoms. The first-order valence-electron chi connectivity index (χ1n) is 5.76. The molecule has 5 nitrogen and oxygen atoms in total. The molecule has 1 heterocycles. The van der Waals surface area contributed by atoms with E-state index < -0.39 is 0 Å². The Morgan fingerprint density at radius 3 is 2.65 bits per heavy atom. The van der Waals surface area contributed by atoms with Gasteiger partial charge in [-0.05, 0) is 30.3 Å². The number of phenols is 2. The fourth-order valence-corrected chi connectivity index (χ4v) is 2.13. The summed E-state index contributed by atoms with van der Waals surface area (Å²) in [6.07, 6.45) is 0. The lowest BCUT2D eigenvalue weighted by molar-refractivity contribution is 0.451. The molecule has 0 saturated heterocycles. The molecule has 3 aromatic rings. The molecule has 6 heteroatoms. The highest BCUT2D eigenvalue weighted by molar-refractivity contribution is 6.31. The van der Waals surface area contributed by atoms with Gasteiger partial charge in [0.2, 0.25) is 0 Å². The van der Waals surface area contributed by atoms with E-state index in [0.717, 1.165) is 0 Å². The summed E-state index contributed by atoms with van der Waals surface area (Å²) < 4.78 is 0. The predicted octanol–water partition coefficient (Wildman–Crippen LogP) is 2.65. The molecule has 0 aliphatic carbocycles. The van der Waals surface area contributed by atoms with Crippen LogP contribution in [0.2, 0.25) is 5.02 Å². The van der Waals surface area contributed by atoms with Crippen molar-refractivity contribution < 1.29 is 10.2 Å². The van der Waals surface area contributed by atoms with Crippen molar-refractivity contribution in [1.82, 2.24) is 9.97 Å². The predicted molar refractivity (Wildman–Crippen MR) is 76.1 cm³/mol. The Labute approximate surface area is 118 Å². The SMILES string of the molecule is O=c1[nH]c(-c2ccc(O)cc2O)nc2ccc(Cl)cc12. The molecule has 20 heavy (non-hydrogen) atoms. The summed E-state index contributed by atoms with van der Waals surface area (Å²) in [7, 11) is 0. The average molecular weight is 289 g/mol. The number of nitrogens with zero attached hydrogens (tertiary/aromatic N) is 1. The van der Waals surface area contributed by atoms with Crippen molar-refractivity contribution in [3.8, 4) is 22.9 Å². The normalized spacial score (nSPS) is 10.8. The van der Waals surface area contributed by atoms with Gasteiger partial charge in [0.15, 0.2) is 0 Å². The molecule has 1 aromatic heterocycles. The van der Waals surface area contributed by atoms with E-state index in [9.17, 15) is 15.0 Å². The van der Waals surface area contributed by atoms with E-state index in [0.29, 0.717) is 21.5 Å². The van der Waals surface area contributed by atoms with Crippen LogP contribution >= 0.6 is 11.6 Å². The van der Waals surface area contributed by atoms with E-state index >= 15 is 0 Å². The standard InChI is InChI=1S/C14H9ClN2O3/c15-7-1-4-11-10(5-7)14(20)17-13(16-11)9-3-2-8(18)6-12(9)19/h1-6,18-19H,(H,16,17,20). The zero-order chi connectivity index (χ0) is 14.3. The lowest BCUT2D eigenvalue weighted by Gasteiger charge is -2.06. The molecule has 0 amide bonds. The molecular weight excluding hydrogens is 280 g/mol. The van der Waals surface area contributed by atoms with Crippen LogP contribution < -0.4 is 5.56 Å². The first kappa shape index (κ1) is 12.5. The maximum atomic E-state index is 12.0. The molecule has 100 valence electrons. The number of aromatic hydroxyl groups is 2. The van der Waals surface area contributed by atoms with E-state index in [2.05, 4.69) is 9.97 Å². The number of fused-ring (bicyclic) bond motifs is 1. The number of nitrogens with one attached hydrogen (secondary N) is 1. The Hall–Kier alpha value is -2.53. The first-order valence-corrected chi connectivity index (χ1v) is 6.14. The van der Waals surface area contributed by atoms with Crippen molar-refractivity contribution in [3.05, 3.63) is 51.8 Å². The van der Waals surface area contributed by atoms with Gasteiger partial charge in [-0.1, -0.05) is 11.6 Å². The molecular formula is C14H9ClN2O3. The van der Waals surface area contributed by atoms with Gasteiger partial charge >= 0.3 is 0 Å². The summed E-state index contributed by atoms with van der Waals surface area (Å²) in [6.45, 7) is 0. The van der Waals surface area contributed by atoms with Crippen molar-refractivity contribution in [2.24, 2.45) is 0 Å². The van der Waals surface area contributed by atoms with Gasteiger partial charge in [-0.15, -0.1) is 0 Å². The number of rotatable bonds is 1. The van der Waals surface area contributed by atoms with E-state index in [-0.39, 0.29) is 22.9 Å². The Morgan fingerprint density at radius 2 is 1.90 bits per heavy atom. The average Bonchev–Trinajstić information content (AvgIpc) is 2.39. The summed E-state index contributed by atoms with van der Waals surface area (Å²) >= 11 is 5.84. The highest BCUT2D eigenvalue weighted by atomic mass is 35.5. The van der Waals surface area contributed by atoms with Crippen LogP contribution in [0.3, 0.4) is 0 Å². The molecule has 0 unspecified atom stereocenters. The summed E-state index contributed by atoms with van der Waals surface area (Å²) in [5, 5.41) is 19.9. The molecule has 0 aliphatic heterocycles. The molecule has 0 saturated carbocycles. The van der Waals surface area contributed by atoms with Crippen molar-refractivity contribution in [2.75, 3.05) is 0 Å². The van der Waals surface area contributed by atoms with E-state index in [1.54, 1.807) is 12.1 Å². The minimum Gasteiger partial charge on any atom is -0.508 e. The van der Waals surface area contributed by atoms with E-state index in [4.69, 9.17) is 11.6 Å². The van der Waals surface area contributed by atoms with Crippen LogP contribution in [0, 0.1) is 0 Å². The number of H-pyrrole nitrogens is 1. The van der Waals surface area contributed by atoms with Gasteiger partial charge in [0.25, 0.3) is 5.56 Å². The monoisotopic (exact) mass is 288 g/mol. The van der Waals surface area contributed by atoms with Crippen LogP contribution in [0.25, 0.3) is 22.3 Å². The third-order valence-corrected chi connectivity index (χ3v) is 3.14. The summed E-state index contributed by atoms with van der Waals surface area (Å²) in [6, 6.07) is 8.86. The van der Waals surface area contributed by atoms with Gasteiger partial charge in [0, 0.05) is 11.1 Å². The number of halogens is 1. The molecule has 0 aliphatic rings. The largest absolute Gasteiger partial charge is 0.508 e. The molecule has 2 aromatic carbocycles. The van der Waals surface area contributed by atoms with Gasteiger partial charge < -0.3 is 15.2 Å². The summed E-state index contributed by atoms with van der Waals surface area (Å²) in [4.78, 5) is 18.9. The second kappa shape index (κ2) is 4.54. The third kappa shape index (κ3) is 2.08. The smallest absolute Gasteiger partial charge is 0.259 e. The lowest BCUT2D eigenvalue weighted by atomic mass is 10.1. The first-order chi connectivity index (χ1) is 9.54. The molecule has 0 spiro atoms. The molecule has 0 atom stereocenters. The molecule has 3 N–H and O–H groups in total. The highest BCUT2D eigenvalue weighted by Crippen LogP contribution is 2.30. The number of phenolic OH excluding ortho intramolecular Hbond substituents is 2.